The first-order chi connectivity index (χ1) is 7.05. The van der Waals surface area contributed by atoms with E-state index >= 15 is 0 Å². The zero-order chi connectivity index (χ0) is 12.7. The van der Waals surface area contributed by atoms with Crippen LogP contribution in [0.15, 0.2) is 21.9 Å². The van der Waals surface area contributed by atoms with E-state index in [2.05, 4.69) is 0 Å². The van der Waals surface area contributed by atoms with E-state index in [0.29, 0.717) is 12.1 Å². The number of phenols is 2. The molecule has 0 amide bonds. The van der Waals surface area contributed by atoms with Gasteiger partial charge in [0.1, 0.15) is 25.1 Å². The Morgan fingerprint density at radius 1 is 0.889 bits per heavy atom. The predicted octanol–water partition coefficient (Wildman–Crippen LogP) is -7.09. The first kappa shape index (κ1) is 20.9. The van der Waals surface area contributed by atoms with Crippen molar-refractivity contribution >= 4 is 20.2 Å². The van der Waals surface area contributed by atoms with Crippen molar-refractivity contribution < 1.29 is 95.3 Å². The molecule has 0 aliphatic rings. The molecule has 0 saturated heterocycles. The minimum Gasteiger partial charge on any atom is -0.744 e. The molecule has 0 bridgehead atoms. The van der Waals surface area contributed by atoms with Gasteiger partial charge in [-0.15, -0.1) is 0 Å². The molecule has 1 aromatic carbocycles. The van der Waals surface area contributed by atoms with Crippen molar-refractivity contribution in [2.45, 2.75) is 9.79 Å². The second-order valence-electron chi connectivity index (χ2n) is 2.67. The van der Waals surface area contributed by atoms with Crippen LogP contribution in [0.1, 0.15) is 0 Å². The van der Waals surface area contributed by atoms with Crippen LogP contribution in [0.5, 0.6) is 11.5 Å². The van der Waals surface area contributed by atoms with E-state index in [1.165, 1.54) is 0 Å². The molecule has 12 heteroatoms. The number of hydrogen-bond donors (Lipinski definition) is 2. The molecule has 0 spiro atoms. The molecule has 0 unspecified atom stereocenters. The quantitative estimate of drug-likeness (QED) is 0.310. The number of benzene rings is 1. The van der Waals surface area contributed by atoms with E-state index in [9.17, 15) is 25.9 Å². The van der Waals surface area contributed by atoms with Gasteiger partial charge in [-0.05, 0) is 12.1 Å². The molecule has 1 aromatic rings. The van der Waals surface area contributed by atoms with E-state index < -0.39 is 41.5 Å². The van der Waals surface area contributed by atoms with Crippen molar-refractivity contribution in [3.8, 4) is 11.5 Å². The maximum Gasteiger partial charge on any atom is 1.00 e. The molecule has 0 saturated carbocycles. The first-order valence-corrected chi connectivity index (χ1v) is 6.33. The van der Waals surface area contributed by atoms with Crippen LogP contribution < -0.4 is 59.1 Å². The van der Waals surface area contributed by atoms with Crippen molar-refractivity contribution in [3.05, 3.63) is 12.1 Å². The van der Waals surface area contributed by atoms with E-state index in [0.717, 1.165) is 0 Å². The smallest absolute Gasteiger partial charge is 0.744 e. The van der Waals surface area contributed by atoms with Crippen LogP contribution in [-0.2, 0) is 20.2 Å². The Labute approximate surface area is 147 Å². The summed E-state index contributed by atoms with van der Waals surface area (Å²) in [6, 6.07) is 0.997. The average Bonchev–Trinajstić information content (AvgIpc) is 2.05. The van der Waals surface area contributed by atoms with Crippen LogP contribution >= 0.6 is 0 Å². The van der Waals surface area contributed by atoms with Crippen LogP contribution in [-0.4, -0.2) is 36.2 Å². The number of phenolic OH excluding ortho intramolecular Hbond substituents is 2. The Hall–Kier alpha value is 0.640. The summed E-state index contributed by atoms with van der Waals surface area (Å²) in [5.74, 6) is -2.49. The van der Waals surface area contributed by atoms with Gasteiger partial charge in [-0.2, -0.15) is 0 Å². The van der Waals surface area contributed by atoms with Crippen LogP contribution in [0, 0.1) is 0 Å². The van der Waals surface area contributed by atoms with Gasteiger partial charge in [0.25, 0.3) is 0 Å². The molecule has 0 fully saturated rings. The van der Waals surface area contributed by atoms with Crippen LogP contribution in [0.2, 0.25) is 0 Å². The Bertz CT molecular complexity index is 636. The van der Waals surface area contributed by atoms with Gasteiger partial charge in [-0.3, -0.25) is 0 Å². The molecule has 2 N–H and O–H groups in total. The molecule has 90 valence electrons. The summed E-state index contributed by atoms with van der Waals surface area (Å²) >= 11 is 0. The molecule has 8 nitrogen and oxygen atoms in total. The SMILES string of the molecule is O=S(=O)([O-])c1ccc(O)c(O)c1S(=O)(=O)[O-].[Na+].[Na+]. The van der Waals surface area contributed by atoms with Gasteiger partial charge in [0.2, 0.25) is 0 Å². The Balaban J connectivity index is 0. The summed E-state index contributed by atoms with van der Waals surface area (Å²) in [6.07, 6.45) is 0. The van der Waals surface area contributed by atoms with Crippen LogP contribution in [0.4, 0.5) is 0 Å². The molecule has 0 radical (unpaired) electrons. The number of rotatable bonds is 2. The van der Waals surface area contributed by atoms with Crippen LogP contribution in [0.3, 0.4) is 0 Å². The van der Waals surface area contributed by atoms with Gasteiger partial charge < -0.3 is 19.3 Å². The van der Waals surface area contributed by atoms with Crippen LogP contribution in [0.25, 0.3) is 0 Å². The fourth-order valence-electron chi connectivity index (χ4n) is 0.981. The third kappa shape index (κ3) is 4.63. The second kappa shape index (κ2) is 6.88. The first-order valence-electron chi connectivity index (χ1n) is 3.52. The molecule has 18 heavy (non-hydrogen) atoms. The van der Waals surface area contributed by atoms with Crippen molar-refractivity contribution in [2.24, 2.45) is 0 Å². The zero-order valence-corrected chi connectivity index (χ0v) is 14.9. The Morgan fingerprint density at radius 3 is 1.67 bits per heavy atom. The summed E-state index contributed by atoms with van der Waals surface area (Å²) in [4.78, 5) is -3.06. The number of aromatic hydroxyl groups is 2. The normalized spacial score (nSPS) is 11.2. The summed E-state index contributed by atoms with van der Waals surface area (Å²) < 4.78 is 63.8. The third-order valence-electron chi connectivity index (χ3n) is 1.59. The van der Waals surface area contributed by atoms with Gasteiger partial charge in [-0.1, -0.05) is 0 Å². The number of hydrogen-bond acceptors (Lipinski definition) is 8. The average molecular weight is 314 g/mol. The summed E-state index contributed by atoms with van der Waals surface area (Å²) in [5, 5.41) is 17.9. The molecule has 0 atom stereocenters. The second-order valence-corrected chi connectivity index (χ2v) is 5.33. The van der Waals surface area contributed by atoms with Gasteiger partial charge in [0, 0.05) is 0 Å². The predicted molar refractivity (Wildman–Crippen MR) is 45.7 cm³/mol. The molecule has 0 aliphatic carbocycles. The topological polar surface area (TPSA) is 155 Å². The maximum absolute atomic E-state index is 10.6. The summed E-state index contributed by atoms with van der Waals surface area (Å²) in [5.41, 5.74) is 0. The minimum absolute atomic E-state index is 0. The zero-order valence-electron chi connectivity index (χ0n) is 9.32. The Morgan fingerprint density at radius 2 is 1.33 bits per heavy atom. The van der Waals surface area contributed by atoms with E-state index in [1.807, 2.05) is 0 Å². The maximum atomic E-state index is 10.6. The van der Waals surface area contributed by atoms with Gasteiger partial charge in [-0.25, -0.2) is 16.8 Å². The molecule has 0 aromatic heterocycles. The molecule has 0 heterocycles. The van der Waals surface area contributed by atoms with E-state index in [4.69, 9.17) is 10.2 Å². The largest absolute Gasteiger partial charge is 1.00 e. The van der Waals surface area contributed by atoms with Crippen molar-refractivity contribution in [1.29, 1.82) is 0 Å². The fourth-order valence-corrected chi connectivity index (χ4v) is 2.81. The fraction of sp³-hybridized carbons (Fsp3) is 0. The van der Waals surface area contributed by atoms with Gasteiger partial charge in [0.15, 0.2) is 11.5 Å². The molecular formula is C6H4Na2O8S2. The standard InChI is InChI=1S/C6H6O8S2.2Na/c7-3-1-2-4(15(9,10)11)6(5(3)8)16(12,13)14;;/h1-2,7-8H,(H,9,10,11)(H,12,13,14);;/q;2*+1/p-2. The Kier molecular flexibility index (Phi) is 8.01. The third-order valence-corrected chi connectivity index (χ3v) is 3.51. The molecule has 1 rings (SSSR count). The van der Waals surface area contributed by atoms with E-state index in [1.54, 1.807) is 0 Å². The van der Waals surface area contributed by atoms with Gasteiger partial charge >= 0.3 is 59.1 Å². The van der Waals surface area contributed by atoms with Crippen molar-refractivity contribution in [2.75, 3.05) is 0 Å². The van der Waals surface area contributed by atoms with E-state index in [-0.39, 0.29) is 59.1 Å². The van der Waals surface area contributed by atoms with Crippen molar-refractivity contribution in [3.63, 3.8) is 0 Å². The van der Waals surface area contributed by atoms with Crippen molar-refractivity contribution in [1.82, 2.24) is 0 Å². The molecule has 0 aliphatic heterocycles. The monoisotopic (exact) mass is 314 g/mol. The molecular weight excluding hydrogens is 310 g/mol. The summed E-state index contributed by atoms with van der Waals surface area (Å²) in [6.45, 7) is 0. The van der Waals surface area contributed by atoms with Gasteiger partial charge in [0.05, 0.1) is 4.90 Å². The summed E-state index contributed by atoms with van der Waals surface area (Å²) in [7, 11) is -10.7. The minimum atomic E-state index is -5.41.